The van der Waals surface area contributed by atoms with Gasteiger partial charge in [-0.05, 0) is 18.2 Å². The van der Waals surface area contributed by atoms with Crippen molar-refractivity contribution in [2.24, 2.45) is 0 Å². The summed E-state index contributed by atoms with van der Waals surface area (Å²) in [7, 11) is 1.36. The number of carbonyl (C=O) groups is 1. The summed E-state index contributed by atoms with van der Waals surface area (Å²) in [5.41, 5.74) is 0.540. The van der Waals surface area contributed by atoms with Crippen LogP contribution in [0.3, 0.4) is 0 Å². The molecule has 0 saturated carbocycles. The number of carboxylic acid groups (broad SMARTS) is 1. The molecule has 1 N–H and O–H groups in total. The molecule has 0 fully saturated rings. The number of methoxy groups -OCH3 is 1. The maximum Gasteiger partial charge on any atom is 0.338 e. The van der Waals surface area contributed by atoms with Crippen molar-refractivity contribution in [3.63, 3.8) is 0 Å². The predicted octanol–water partition coefficient (Wildman–Crippen LogP) is 1.99. The van der Waals surface area contributed by atoms with Crippen molar-refractivity contribution >= 4 is 5.97 Å². The highest BCUT2D eigenvalue weighted by Crippen LogP contribution is 2.23. The van der Waals surface area contributed by atoms with E-state index in [1.165, 1.54) is 37.7 Å². The van der Waals surface area contributed by atoms with Crippen LogP contribution in [0.2, 0.25) is 0 Å². The van der Waals surface area contributed by atoms with Crippen molar-refractivity contribution in [2.75, 3.05) is 7.11 Å². The summed E-state index contributed by atoms with van der Waals surface area (Å²) in [5, 5.41) is 8.72. The second-order valence-electron chi connectivity index (χ2n) is 3.45. The Labute approximate surface area is 102 Å². The number of benzene rings is 1. The van der Waals surface area contributed by atoms with Gasteiger partial charge in [-0.2, -0.15) is 0 Å². The lowest BCUT2D eigenvalue weighted by molar-refractivity contribution is 0.0696. The topological polar surface area (TPSA) is 72.3 Å². The van der Waals surface area contributed by atoms with E-state index < -0.39 is 11.8 Å². The molecule has 6 heteroatoms. The molecule has 0 saturated heterocycles. The van der Waals surface area contributed by atoms with Gasteiger partial charge in [-0.3, -0.25) is 0 Å². The van der Waals surface area contributed by atoms with E-state index in [0.717, 1.165) is 0 Å². The minimum absolute atomic E-state index is 0.00664. The molecule has 1 heterocycles. The second-order valence-corrected chi connectivity index (χ2v) is 3.45. The first-order chi connectivity index (χ1) is 8.61. The molecule has 0 aliphatic rings. The van der Waals surface area contributed by atoms with E-state index in [1.54, 1.807) is 0 Å². The van der Waals surface area contributed by atoms with E-state index in [-0.39, 0.29) is 11.3 Å². The largest absolute Gasteiger partial charge is 0.494 e. The average Bonchev–Trinajstić information content (AvgIpc) is 2.39. The van der Waals surface area contributed by atoms with Crippen molar-refractivity contribution < 1.29 is 19.0 Å². The molecule has 2 aromatic rings. The van der Waals surface area contributed by atoms with E-state index >= 15 is 0 Å². The molecule has 0 aliphatic heterocycles. The molecule has 92 valence electrons. The molecule has 1 aromatic carbocycles. The molecule has 2 rings (SSSR count). The number of aromatic carboxylic acids is 1. The van der Waals surface area contributed by atoms with Crippen LogP contribution in [0.4, 0.5) is 4.39 Å². The van der Waals surface area contributed by atoms with Gasteiger partial charge in [0.25, 0.3) is 0 Å². The van der Waals surface area contributed by atoms with E-state index in [1.807, 2.05) is 0 Å². The number of halogens is 1. The fourth-order valence-electron chi connectivity index (χ4n) is 1.39. The maximum atomic E-state index is 13.2. The molecule has 0 bridgehead atoms. The first-order valence-electron chi connectivity index (χ1n) is 5.01. The van der Waals surface area contributed by atoms with Crippen LogP contribution in [-0.2, 0) is 0 Å². The normalized spacial score (nSPS) is 10.1. The highest BCUT2D eigenvalue weighted by molar-refractivity contribution is 5.86. The van der Waals surface area contributed by atoms with Crippen LogP contribution in [0.25, 0.3) is 11.4 Å². The Morgan fingerprint density at radius 2 is 2.00 bits per heavy atom. The van der Waals surface area contributed by atoms with Gasteiger partial charge in [0.05, 0.1) is 12.7 Å². The summed E-state index contributed by atoms with van der Waals surface area (Å²) >= 11 is 0. The van der Waals surface area contributed by atoms with E-state index in [9.17, 15) is 9.18 Å². The highest BCUT2D eigenvalue weighted by Gasteiger charge is 2.09. The smallest absolute Gasteiger partial charge is 0.338 e. The molecule has 0 aliphatic carbocycles. The van der Waals surface area contributed by atoms with Crippen molar-refractivity contribution in [3.8, 4) is 17.1 Å². The predicted molar refractivity (Wildman–Crippen MR) is 60.9 cm³/mol. The standard InChI is InChI=1S/C12H9FN2O3/c1-18-10-4-7(2-3-9(10)13)11-14-5-8(6-15-11)12(16)17/h2-6H,1H3,(H,16,17). The van der Waals surface area contributed by atoms with Gasteiger partial charge >= 0.3 is 5.97 Å². The van der Waals surface area contributed by atoms with Gasteiger partial charge in [0.15, 0.2) is 17.4 Å². The zero-order chi connectivity index (χ0) is 13.1. The third-order valence-corrected chi connectivity index (χ3v) is 2.31. The van der Waals surface area contributed by atoms with Gasteiger partial charge in [-0.1, -0.05) is 0 Å². The molecule has 0 unspecified atom stereocenters. The lowest BCUT2D eigenvalue weighted by Gasteiger charge is -2.04. The summed E-state index contributed by atoms with van der Waals surface area (Å²) in [6.07, 6.45) is 2.39. The van der Waals surface area contributed by atoms with Crippen LogP contribution in [0.1, 0.15) is 10.4 Å². The molecule has 1 aromatic heterocycles. The molecule has 18 heavy (non-hydrogen) atoms. The quantitative estimate of drug-likeness (QED) is 0.899. The van der Waals surface area contributed by atoms with Gasteiger partial charge in [-0.15, -0.1) is 0 Å². The monoisotopic (exact) mass is 248 g/mol. The fraction of sp³-hybridized carbons (Fsp3) is 0.0833. The van der Waals surface area contributed by atoms with Gasteiger partial charge in [0.2, 0.25) is 0 Å². The summed E-state index contributed by atoms with van der Waals surface area (Å²) < 4.78 is 18.1. The fourth-order valence-corrected chi connectivity index (χ4v) is 1.39. The molecule has 0 spiro atoms. The van der Waals surface area contributed by atoms with Gasteiger partial charge < -0.3 is 9.84 Å². The van der Waals surface area contributed by atoms with Crippen LogP contribution in [0.5, 0.6) is 5.75 Å². The molecule has 0 amide bonds. The van der Waals surface area contributed by atoms with Crippen LogP contribution in [-0.4, -0.2) is 28.2 Å². The average molecular weight is 248 g/mol. The summed E-state index contributed by atoms with van der Waals surface area (Å²) in [5.74, 6) is -1.20. The first kappa shape index (κ1) is 12.0. The Morgan fingerprint density at radius 3 is 2.56 bits per heavy atom. The second kappa shape index (κ2) is 4.79. The Morgan fingerprint density at radius 1 is 1.33 bits per heavy atom. The van der Waals surface area contributed by atoms with Crippen LogP contribution in [0.15, 0.2) is 30.6 Å². The summed E-state index contributed by atoms with van der Waals surface area (Å²) in [6, 6.07) is 4.18. The zero-order valence-electron chi connectivity index (χ0n) is 9.42. The summed E-state index contributed by atoms with van der Waals surface area (Å²) in [6.45, 7) is 0. The molecule has 5 nitrogen and oxygen atoms in total. The number of carboxylic acids is 1. The molecular formula is C12H9FN2O3. The maximum absolute atomic E-state index is 13.2. The highest BCUT2D eigenvalue weighted by atomic mass is 19.1. The Bertz CT molecular complexity index is 584. The van der Waals surface area contributed by atoms with Crippen LogP contribution < -0.4 is 4.74 Å². The number of hydrogen-bond donors (Lipinski definition) is 1. The van der Waals surface area contributed by atoms with Crippen molar-refractivity contribution in [1.29, 1.82) is 0 Å². The zero-order valence-corrected chi connectivity index (χ0v) is 9.42. The van der Waals surface area contributed by atoms with Crippen molar-refractivity contribution in [3.05, 3.63) is 42.0 Å². The number of ether oxygens (including phenoxy) is 1. The van der Waals surface area contributed by atoms with E-state index in [0.29, 0.717) is 11.4 Å². The van der Waals surface area contributed by atoms with Gasteiger partial charge in [0, 0.05) is 18.0 Å². The van der Waals surface area contributed by atoms with Gasteiger partial charge in [0.1, 0.15) is 0 Å². The van der Waals surface area contributed by atoms with Crippen molar-refractivity contribution in [1.82, 2.24) is 9.97 Å². The molecule has 0 radical (unpaired) electrons. The minimum atomic E-state index is -1.10. The Balaban J connectivity index is 2.39. The SMILES string of the molecule is COc1cc(-c2ncc(C(=O)O)cn2)ccc1F. The van der Waals surface area contributed by atoms with Crippen LogP contribution in [0, 0.1) is 5.82 Å². The van der Waals surface area contributed by atoms with Crippen LogP contribution >= 0.6 is 0 Å². The summed E-state index contributed by atoms with van der Waals surface area (Å²) in [4.78, 5) is 18.5. The minimum Gasteiger partial charge on any atom is -0.494 e. The lowest BCUT2D eigenvalue weighted by Crippen LogP contribution is -1.99. The van der Waals surface area contributed by atoms with E-state index in [2.05, 4.69) is 9.97 Å². The lowest BCUT2D eigenvalue weighted by atomic mass is 10.2. The number of nitrogens with zero attached hydrogens (tertiary/aromatic N) is 2. The van der Waals surface area contributed by atoms with Crippen molar-refractivity contribution in [2.45, 2.75) is 0 Å². The third kappa shape index (κ3) is 2.27. The molecule has 0 atom stereocenters. The Kier molecular flexibility index (Phi) is 3.18. The number of aromatic nitrogens is 2. The third-order valence-electron chi connectivity index (χ3n) is 2.31. The van der Waals surface area contributed by atoms with Gasteiger partial charge in [-0.25, -0.2) is 19.2 Å². The number of rotatable bonds is 3. The Hall–Kier alpha value is -2.50. The first-order valence-corrected chi connectivity index (χ1v) is 5.01. The van der Waals surface area contributed by atoms with E-state index in [4.69, 9.17) is 9.84 Å². The number of hydrogen-bond acceptors (Lipinski definition) is 4. The molecular weight excluding hydrogens is 239 g/mol.